The molecule has 3 N–H and O–H groups in total. The summed E-state index contributed by atoms with van der Waals surface area (Å²) in [6, 6.07) is 8.27. The number of hydrogen-bond donors (Lipinski definition) is 3. The number of halogens is 6. The number of hydrogen-bond acceptors (Lipinski definition) is 5. The van der Waals surface area contributed by atoms with Gasteiger partial charge in [0.1, 0.15) is 17.2 Å². The van der Waals surface area contributed by atoms with E-state index < -0.39 is 30.2 Å². The smallest absolute Gasteiger partial charge is 0.272 e. The molecule has 0 fully saturated rings. The number of aromatic amines is 1. The minimum Gasteiger partial charge on any atom is -0.471 e. The second-order valence-electron chi connectivity index (χ2n) is 10.3. The topological polar surface area (TPSA) is 109 Å². The standard InChI is InChI=1S/C28H25Cl3F3N5O3/c1-28(2,3)27(41)35-11-13-4-6-17(29)15(23(13)31)10-22-37-20-9-16(26(39-24(20)38-22)42-12-21(33)34)25(40)36-14-5-7-19(32)18(30)8-14/h4-9,21H,10-12H2,1-3H3,(H,35,41)(H,36,40)(H,37,38,39). The molecule has 222 valence electrons. The Morgan fingerprint density at radius 2 is 1.79 bits per heavy atom. The van der Waals surface area contributed by atoms with Crippen LogP contribution in [-0.2, 0) is 17.8 Å². The van der Waals surface area contributed by atoms with Crippen LogP contribution in [0.4, 0.5) is 18.9 Å². The lowest BCUT2D eigenvalue weighted by Gasteiger charge is -2.18. The Morgan fingerprint density at radius 3 is 2.45 bits per heavy atom. The van der Waals surface area contributed by atoms with Crippen LogP contribution in [0.3, 0.4) is 0 Å². The zero-order valence-corrected chi connectivity index (χ0v) is 24.8. The van der Waals surface area contributed by atoms with Crippen LogP contribution in [-0.4, -0.2) is 39.8 Å². The van der Waals surface area contributed by atoms with Crippen molar-refractivity contribution in [2.24, 2.45) is 5.41 Å². The number of fused-ring (bicyclic) bond motifs is 1. The maximum absolute atomic E-state index is 13.5. The van der Waals surface area contributed by atoms with Crippen LogP contribution >= 0.6 is 34.8 Å². The molecule has 0 saturated heterocycles. The van der Waals surface area contributed by atoms with Crippen LogP contribution < -0.4 is 15.4 Å². The van der Waals surface area contributed by atoms with E-state index in [1.54, 1.807) is 32.9 Å². The highest BCUT2D eigenvalue weighted by Gasteiger charge is 2.23. The van der Waals surface area contributed by atoms with Gasteiger partial charge in [-0.05, 0) is 41.5 Å². The van der Waals surface area contributed by atoms with Gasteiger partial charge in [0.2, 0.25) is 11.8 Å². The molecule has 2 aromatic carbocycles. The molecule has 14 heteroatoms. The highest BCUT2D eigenvalue weighted by atomic mass is 35.5. The summed E-state index contributed by atoms with van der Waals surface area (Å²) >= 11 is 18.9. The number of benzene rings is 2. The van der Waals surface area contributed by atoms with Crippen LogP contribution in [0.2, 0.25) is 15.1 Å². The summed E-state index contributed by atoms with van der Waals surface area (Å²) in [6.07, 6.45) is -2.70. The number of nitrogens with one attached hydrogen (secondary N) is 3. The Hall–Kier alpha value is -3.54. The first-order valence-corrected chi connectivity index (χ1v) is 13.7. The fourth-order valence-corrected chi connectivity index (χ4v) is 4.55. The van der Waals surface area contributed by atoms with Gasteiger partial charge >= 0.3 is 0 Å². The van der Waals surface area contributed by atoms with E-state index >= 15 is 0 Å². The van der Waals surface area contributed by atoms with Crippen LogP contribution in [0.1, 0.15) is 48.1 Å². The van der Waals surface area contributed by atoms with Gasteiger partial charge in [0, 0.05) is 29.1 Å². The Bertz CT molecular complexity index is 1660. The number of aromatic nitrogens is 3. The minimum absolute atomic E-state index is 0.0940. The Morgan fingerprint density at radius 1 is 1.05 bits per heavy atom. The molecule has 2 aromatic heterocycles. The summed E-state index contributed by atoms with van der Waals surface area (Å²) in [6.45, 7) is 4.56. The fraction of sp³-hybridized carbons (Fsp3) is 0.286. The lowest BCUT2D eigenvalue weighted by molar-refractivity contribution is -0.128. The van der Waals surface area contributed by atoms with Crippen LogP contribution in [0.15, 0.2) is 36.4 Å². The second kappa shape index (κ2) is 12.8. The van der Waals surface area contributed by atoms with Crippen molar-refractivity contribution in [3.05, 3.63) is 79.8 Å². The predicted molar refractivity (Wildman–Crippen MR) is 155 cm³/mol. The van der Waals surface area contributed by atoms with Crippen LogP contribution in [0.25, 0.3) is 11.2 Å². The molecule has 0 aliphatic rings. The average Bonchev–Trinajstić information content (AvgIpc) is 3.31. The van der Waals surface area contributed by atoms with Gasteiger partial charge in [-0.25, -0.2) is 18.2 Å². The SMILES string of the molecule is CC(C)(C)C(=O)NCc1ccc(Cl)c(Cc2nc3nc(OCC(F)F)c(C(=O)Nc4ccc(F)c(Cl)c4)cc3[nH]2)c1Cl. The van der Waals surface area contributed by atoms with Crippen molar-refractivity contribution < 1.29 is 27.5 Å². The van der Waals surface area contributed by atoms with E-state index in [0.29, 0.717) is 32.5 Å². The molecule has 4 rings (SSSR count). The summed E-state index contributed by atoms with van der Waals surface area (Å²) in [7, 11) is 0. The third kappa shape index (κ3) is 7.45. The lowest BCUT2D eigenvalue weighted by Crippen LogP contribution is -2.34. The third-order valence-electron chi connectivity index (χ3n) is 5.99. The van der Waals surface area contributed by atoms with E-state index in [2.05, 4.69) is 25.6 Å². The van der Waals surface area contributed by atoms with Gasteiger partial charge in [-0.1, -0.05) is 61.6 Å². The molecule has 8 nitrogen and oxygen atoms in total. The Kier molecular flexibility index (Phi) is 9.54. The Balaban J connectivity index is 1.64. The first-order chi connectivity index (χ1) is 19.7. The number of pyridine rings is 1. The second-order valence-corrected chi connectivity index (χ2v) is 11.5. The van der Waals surface area contributed by atoms with E-state index in [4.69, 9.17) is 39.5 Å². The number of ether oxygens (including phenoxy) is 1. The lowest BCUT2D eigenvalue weighted by atomic mass is 9.95. The molecule has 0 spiro atoms. The van der Waals surface area contributed by atoms with Crippen molar-refractivity contribution in [2.45, 2.75) is 40.2 Å². The highest BCUT2D eigenvalue weighted by molar-refractivity contribution is 6.36. The van der Waals surface area contributed by atoms with Gasteiger partial charge in [0.25, 0.3) is 12.3 Å². The van der Waals surface area contributed by atoms with Gasteiger partial charge in [-0.15, -0.1) is 0 Å². The summed E-state index contributed by atoms with van der Waals surface area (Å²) < 4.78 is 44.5. The molecular weight excluding hydrogens is 618 g/mol. The number of alkyl halides is 2. The molecule has 0 aliphatic heterocycles. The molecule has 0 radical (unpaired) electrons. The maximum Gasteiger partial charge on any atom is 0.272 e. The monoisotopic (exact) mass is 641 g/mol. The number of imidazole rings is 1. The summed E-state index contributed by atoms with van der Waals surface area (Å²) in [4.78, 5) is 37.0. The summed E-state index contributed by atoms with van der Waals surface area (Å²) in [5.74, 6) is -1.60. The fourth-order valence-electron chi connectivity index (χ4n) is 3.80. The van der Waals surface area contributed by atoms with E-state index in [1.165, 1.54) is 18.2 Å². The number of carbonyl (C=O) groups is 2. The average molecular weight is 643 g/mol. The van der Waals surface area contributed by atoms with Crippen LogP contribution in [0, 0.1) is 11.2 Å². The van der Waals surface area contributed by atoms with E-state index in [9.17, 15) is 22.8 Å². The molecule has 0 aliphatic carbocycles. The first-order valence-electron chi connectivity index (χ1n) is 12.5. The molecule has 0 unspecified atom stereocenters. The van der Waals surface area contributed by atoms with Crippen LogP contribution in [0.5, 0.6) is 5.88 Å². The van der Waals surface area contributed by atoms with E-state index in [0.717, 1.165) is 6.07 Å². The minimum atomic E-state index is -2.83. The number of rotatable bonds is 9. The number of anilines is 1. The molecule has 0 atom stereocenters. The molecule has 2 heterocycles. The van der Waals surface area contributed by atoms with E-state index in [-0.39, 0.29) is 46.7 Å². The van der Waals surface area contributed by atoms with Gasteiger partial charge < -0.3 is 20.4 Å². The zero-order chi connectivity index (χ0) is 30.8. The molecular formula is C28H25Cl3F3N5O3. The third-order valence-corrected chi connectivity index (χ3v) is 7.10. The van der Waals surface area contributed by atoms with Gasteiger partial charge in [0.15, 0.2) is 12.3 Å². The number of carbonyl (C=O) groups excluding carboxylic acids is 2. The summed E-state index contributed by atoms with van der Waals surface area (Å²) in [5, 5.41) is 5.85. The molecule has 0 saturated carbocycles. The molecule has 42 heavy (non-hydrogen) atoms. The van der Waals surface area contributed by atoms with Gasteiger partial charge in [-0.3, -0.25) is 9.59 Å². The zero-order valence-electron chi connectivity index (χ0n) is 22.5. The maximum atomic E-state index is 13.5. The van der Waals surface area contributed by atoms with Crippen molar-refractivity contribution in [2.75, 3.05) is 11.9 Å². The van der Waals surface area contributed by atoms with Crippen molar-refractivity contribution in [3.63, 3.8) is 0 Å². The van der Waals surface area contributed by atoms with Crippen molar-refractivity contribution in [1.82, 2.24) is 20.3 Å². The van der Waals surface area contributed by atoms with Gasteiger partial charge in [0.05, 0.1) is 15.6 Å². The van der Waals surface area contributed by atoms with Crippen molar-refractivity contribution in [1.29, 1.82) is 0 Å². The molecule has 4 aromatic rings. The van der Waals surface area contributed by atoms with Crippen molar-refractivity contribution >= 4 is 63.5 Å². The number of amides is 2. The number of H-pyrrole nitrogens is 1. The predicted octanol–water partition coefficient (Wildman–Crippen LogP) is 7.21. The highest BCUT2D eigenvalue weighted by Crippen LogP contribution is 2.31. The van der Waals surface area contributed by atoms with Crippen molar-refractivity contribution in [3.8, 4) is 5.88 Å². The summed E-state index contributed by atoms with van der Waals surface area (Å²) in [5.41, 5.74) is 0.980. The first kappa shape index (κ1) is 31.4. The Labute approximate surface area is 253 Å². The quantitative estimate of drug-likeness (QED) is 0.179. The number of nitrogens with zero attached hydrogens (tertiary/aromatic N) is 2. The largest absolute Gasteiger partial charge is 0.471 e. The van der Waals surface area contributed by atoms with E-state index in [1.807, 2.05) is 0 Å². The molecule has 2 amide bonds. The van der Waals surface area contributed by atoms with Gasteiger partial charge in [-0.2, -0.15) is 4.98 Å². The molecule has 0 bridgehead atoms. The normalized spacial score (nSPS) is 11.7.